The van der Waals surface area contributed by atoms with Crippen molar-refractivity contribution in [2.24, 2.45) is 11.1 Å². The topological polar surface area (TPSA) is 88.2 Å². The maximum absolute atomic E-state index is 13.8. The molecular weight excluding hydrogens is 474 g/mol. The summed E-state index contributed by atoms with van der Waals surface area (Å²) in [7, 11) is 0. The molecule has 5 rings (SSSR count). The van der Waals surface area contributed by atoms with Crippen LogP contribution in [0.2, 0.25) is 0 Å². The number of hydrogen-bond donors (Lipinski definition) is 1. The average molecular weight is 508 g/mol. The number of aromatic nitrogens is 1. The summed E-state index contributed by atoms with van der Waals surface area (Å²) in [5.41, 5.74) is 4.40. The van der Waals surface area contributed by atoms with E-state index in [2.05, 4.69) is 52.9 Å². The van der Waals surface area contributed by atoms with Crippen molar-refractivity contribution in [1.82, 2.24) is 10.1 Å². The van der Waals surface area contributed by atoms with Gasteiger partial charge in [-0.05, 0) is 54.8 Å². The summed E-state index contributed by atoms with van der Waals surface area (Å²) in [5, 5.41) is 21.1. The third kappa shape index (κ3) is 4.48. The second-order valence-electron chi connectivity index (χ2n) is 10.6. The number of thiophene rings is 1. The van der Waals surface area contributed by atoms with Crippen molar-refractivity contribution >= 4 is 23.0 Å². The molecule has 4 heterocycles. The molecule has 4 unspecified atom stereocenters. The molecule has 2 aliphatic rings. The number of nitrogens with zero attached hydrogens (tertiary/aromatic N) is 3. The zero-order chi connectivity index (χ0) is 25.6. The molecule has 36 heavy (non-hydrogen) atoms. The SMILES string of the molecule is Cc1cc(C(C(=O)N2CC(O)CC2C2=NOC(C)(c3ccc(-c4sccc4C)cc3)C2)C(C)C)on1. The minimum Gasteiger partial charge on any atom is -0.391 e. The highest BCUT2D eigenvalue weighted by Gasteiger charge is 2.46. The van der Waals surface area contributed by atoms with Gasteiger partial charge in [0.05, 0.1) is 23.6 Å². The smallest absolute Gasteiger partial charge is 0.234 e. The number of benzene rings is 1. The monoisotopic (exact) mass is 507 g/mol. The van der Waals surface area contributed by atoms with E-state index in [1.165, 1.54) is 16.0 Å². The van der Waals surface area contributed by atoms with Gasteiger partial charge in [0, 0.05) is 30.3 Å². The van der Waals surface area contributed by atoms with Crippen LogP contribution in [0.4, 0.5) is 0 Å². The number of likely N-dealkylation sites (tertiary alicyclic amines) is 1. The molecule has 0 saturated carbocycles. The minimum absolute atomic E-state index is 0.0146. The molecule has 2 aromatic heterocycles. The molecule has 0 aliphatic carbocycles. The van der Waals surface area contributed by atoms with Gasteiger partial charge in [0.15, 0.2) is 5.60 Å². The second kappa shape index (κ2) is 9.48. The van der Waals surface area contributed by atoms with Crippen molar-refractivity contribution in [1.29, 1.82) is 0 Å². The first kappa shape index (κ1) is 24.7. The average Bonchev–Trinajstić information content (AvgIpc) is 3.62. The summed E-state index contributed by atoms with van der Waals surface area (Å²) in [6.45, 7) is 10.3. The van der Waals surface area contributed by atoms with Crippen LogP contribution in [0.1, 0.15) is 62.1 Å². The number of rotatable bonds is 6. The zero-order valence-corrected chi connectivity index (χ0v) is 22.2. The van der Waals surface area contributed by atoms with E-state index in [-0.39, 0.29) is 24.4 Å². The highest BCUT2D eigenvalue weighted by Crippen LogP contribution is 2.40. The highest BCUT2D eigenvalue weighted by atomic mass is 32.1. The molecule has 0 bridgehead atoms. The summed E-state index contributed by atoms with van der Waals surface area (Å²) in [6, 6.07) is 12.1. The van der Waals surface area contributed by atoms with Crippen LogP contribution in [-0.2, 0) is 15.2 Å². The fourth-order valence-electron chi connectivity index (χ4n) is 5.36. The molecule has 4 atom stereocenters. The first-order valence-corrected chi connectivity index (χ1v) is 13.4. The third-order valence-corrected chi connectivity index (χ3v) is 8.40. The Kier molecular flexibility index (Phi) is 6.51. The van der Waals surface area contributed by atoms with E-state index in [4.69, 9.17) is 9.36 Å². The Labute approximate surface area is 215 Å². The maximum Gasteiger partial charge on any atom is 0.234 e. The number of aliphatic hydroxyl groups is 1. The van der Waals surface area contributed by atoms with E-state index in [9.17, 15) is 9.90 Å². The quantitative estimate of drug-likeness (QED) is 0.482. The Morgan fingerprint density at radius 1 is 1.22 bits per heavy atom. The number of oxime groups is 1. The Morgan fingerprint density at radius 3 is 2.58 bits per heavy atom. The Morgan fingerprint density at radius 2 is 1.97 bits per heavy atom. The van der Waals surface area contributed by atoms with Crippen molar-refractivity contribution in [2.75, 3.05) is 6.54 Å². The minimum atomic E-state index is -0.625. The lowest BCUT2D eigenvalue weighted by Gasteiger charge is -2.29. The molecular formula is C28H33N3O4S. The van der Waals surface area contributed by atoms with E-state index in [1.54, 1.807) is 16.2 Å². The summed E-state index contributed by atoms with van der Waals surface area (Å²) in [4.78, 5) is 22.8. The number of carbonyl (C=O) groups excluding carboxylic acids is 1. The van der Waals surface area contributed by atoms with Gasteiger partial charge in [0.1, 0.15) is 11.7 Å². The lowest BCUT2D eigenvalue weighted by Crippen LogP contribution is -2.44. The van der Waals surface area contributed by atoms with E-state index >= 15 is 0 Å². The van der Waals surface area contributed by atoms with Crippen LogP contribution >= 0.6 is 11.3 Å². The molecule has 1 fully saturated rings. The number of β-amino-alcohol motifs (C(OH)–C–C–N with tert-alkyl or cyclic N) is 1. The first-order chi connectivity index (χ1) is 17.2. The molecule has 1 N–H and O–H groups in total. The molecule has 0 spiro atoms. The summed E-state index contributed by atoms with van der Waals surface area (Å²) < 4.78 is 5.48. The van der Waals surface area contributed by atoms with E-state index in [0.29, 0.717) is 18.6 Å². The summed E-state index contributed by atoms with van der Waals surface area (Å²) in [5.74, 6) is 0.0279. The molecule has 1 saturated heterocycles. The van der Waals surface area contributed by atoms with Gasteiger partial charge in [0.2, 0.25) is 5.91 Å². The maximum atomic E-state index is 13.8. The fraction of sp³-hybridized carbons (Fsp3) is 0.464. The van der Waals surface area contributed by atoms with Crippen molar-refractivity contribution in [2.45, 2.75) is 71.1 Å². The van der Waals surface area contributed by atoms with Crippen LogP contribution < -0.4 is 0 Å². The van der Waals surface area contributed by atoms with Crippen molar-refractivity contribution < 1.29 is 19.3 Å². The standard InChI is InChI=1S/C28H33N3O4S/c1-16(2)25(24-12-18(4)29-34-24)27(33)31-15-21(32)13-23(31)22-14-28(5,35-30-22)20-8-6-19(7-9-20)26-17(3)10-11-36-26/h6-12,16,21,23,25,32H,13-15H2,1-5H3. The van der Waals surface area contributed by atoms with Crippen LogP contribution in [0.15, 0.2) is 51.5 Å². The lowest BCUT2D eigenvalue weighted by molar-refractivity contribution is -0.134. The molecule has 1 aromatic carbocycles. The van der Waals surface area contributed by atoms with E-state index < -0.39 is 17.6 Å². The van der Waals surface area contributed by atoms with Crippen molar-refractivity contribution in [3.8, 4) is 10.4 Å². The zero-order valence-electron chi connectivity index (χ0n) is 21.4. The van der Waals surface area contributed by atoms with E-state index in [1.807, 2.05) is 33.8 Å². The molecule has 190 valence electrons. The molecule has 1 amide bonds. The third-order valence-electron chi connectivity index (χ3n) is 7.33. The Bertz CT molecular complexity index is 1280. The lowest BCUT2D eigenvalue weighted by atomic mass is 9.87. The predicted octanol–water partition coefficient (Wildman–Crippen LogP) is 5.41. The van der Waals surface area contributed by atoms with Gasteiger partial charge in [-0.25, -0.2) is 0 Å². The summed E-state index contributed by atoms with van der Waals surface area (Å²) in [6.07, 6.45) is 0.395. The summed E-state index contributed by atoms with van der Waals surface area (Å²) >= 11 is 1.74. The Balaban J connectivity index is 1.35. The highest BCUT2D eigenvalue weighted by molar-refractivity contribution is 7.13. The fourth-order valence-corrected chi connectivity index (χ4v) is 6.30. The van der Waals surface area contributed by atoms with Gasteiger partial charge < -0.3 is 19.4 Å². The number of amides is 1. The van der Waals surface area contributed by atoms with Crippen LogP contribution in [0, 0.1) is 19.8 Å². The number of aryl methyl sites for hydroxylation is 2. The molecule has 7 nitrogen and oxygen atoms in total. The van der Waals surface area contributed by atoms with Gasteiger partial charge in [-0.15, -0.1) is 11.3 Å². The number of aliphatic hydroxyl groups excluding tert-OH is 1. The van der Waals surface area contributed by atoms with Crippen LogP contribution in [0.5, 0.6) is 0 Å². The van der Waals surface area contributed by atoms with Gasteiger partial charge in [-0.3, -0.25) is 4.79 Å². The van der Waals surface area contributed by atoms with Crippen LogP contribution in [-0.4, -0.2) is 45.5 Å². The van der Waals surface area contributed by atoms with Gasteiger partial charge in [-0.1, -0.05) is 48.4 Å². The van der Waals surface area contributed by atoms with Crippen LogP contribution in [0.3, 0.4) is 0 Å². The van der Waals surface area contributed by atoms with Gasteiger partial charge in [-0.2, -0.15) is 0 Å². The van der Waals surface area contributed by atoms with Crippen LogP contribution in [0.25, 0.3) is 10.4 Å². The van der Waals surface area contributed by atoms with Gasteiger partial charge >= 0.3 is 0 Å². The van der Waals surface area contributed by atoms with Gasteiger partial charge in [0.25, 0.3) is 0 Å². The largest absolute Gasteiger partial charge is 0.391 e. The van der Waals surface area contributed by atoms with Crippen molar-refractivity contribution in [3.63, 3.8) is 0 Å². The van der Waals surface area contributed by atoms with E-state index in [0.717, 1.165) is 17.0 Å². The second-order valence-corrected chi connectivity index (χ2v) is 11.5. The predicted molar refractivity (Wildman–Crippen MR) is 140 cm³/mol. The molecule has 2 aliphatic heterocycles. The number of carbonyl (C=O) groups is 1. The van der Waals surface area contributed by atoms with Crippen molar-refractivity contribution in [3.05, 3.63) is 64.4 Å². The normalized spacial score (nSPS) is 24.8. The molecule has 0 radical (unpaired) electrons. The molecule has 3 aromatic rings. The molecule has 8 heteroatoms. The Hall–Kier alpha value is -2.97. The number of hydrogen-bond acceptors (Lipinski definition) is 7. The first-order valence-electron chi connectivity index (χ1n) is 12.5.